The van der Waals surface area contributed by atoms with Crippen molar-refractivity contribution in [2.45, 2.75) is 0 Å². The number of thiazole rings is 1. The van der Waals surface area contributed by atoms with Gasteiger partial charge in [0, 0.05) is 23.2 Å². The first-order valence-corrected chi connectivity index (χ1v) is 8.50. The van der Waals surface area contributed by atoms with Crippen LogP contribution in [0.25, 0.3) is 10.6 Å². The minimum absolute atomic E-state index is 0.0173. The number of rotatable bonds is 4. The molecule has 3 aromatic rings. The Hall–Kier alpha value is -2.70. The highest BCUT2D eigenvalue weighted by atomic mass is 35.5. The fraction of sp³-hybridized carbons (Fsp3) is 0.0556. The summed E-state index contributed by atoms with van der Waals surface area (Å²) in [6, 6.07) is 15.6. The van der Waals surface area contributed by atoms with Crippen molar-refractivity contribution in [3.05, 3.63) is 70.1 Å². The molecule has 0 saturated heterocycles. The Bertz CT molecular complexity index is 923. The topological polar surface area (TPSA) is 70.5 Å². The zero-order valence-electron chi connectivity index (χ0n) is 13.1. The Morgan fingerprint density at radius 2 is 1.72 bits per heavy atom. The third kappa shape index (κ3) is 3.55. The number of benzene rings is 2. The van der Waals surface area contributed by atoms with Gasteiger partial charge in [-0.1, -0.05) is 41.9 Å². The number of carbonyl (C=O) groups excluding carboxylic acids is 1. The lowest BCUT2D eigenvalue weighted by Crippen LogP contribution is -2.27. The average Bonchev–Trinajstić information content (AvgIpc) is 3.07. The molecule has 1 N–H and O–H groups in total. The van der Waals surface area contributed by atoms with Crippen LogP contribution in [0.3, 0.4) is 0 Å². The summed E-state index contributed by atoms with van der Waals surface area (Å²) in [5.74, 6) is -1.36. The van der Waals surface area contributed by atoms with Crippen LogP contribution in [-0.4, -0.2) is 29.0 Å². The van der Waals surface area contributed by atoms with E-state index >= 15 is 0 Å². The van der Waals surface area contributed by atoms with Gasteiger partial charge in [0.15, 0.2) is 10.7 Å². The van der Waals surface area contributed by atoms with E-state index < -0.39 is 5.97 Å². The molecular weight excluding hydrogens is 360 g/mol. The number of amides is 1. The summed E-state index contributed by atoms with van der Waals surface area (Å²) in [5, 5.41) is 10.5. The lowest BCUT2D eigenvalue weighted by Gasteiger charge is -2.15. The van der Waals surface area contributed by atoms with Gasteiger partial charge >= 0.3 is 5.97 Å². The van der Waals surface area contributed by atoms with Crippen molar-refractivity contribution in [1.29, 1.82) is 0 Å². The summed E-state index contributed by atoms with van der Waals surface area (Å²) >= 11 is 6.88. The lowest BCUT2D eigenvalue weighted by molar-refractivity contribution is 0.0702. The molecule has 25 heavy (non-hydrogen) atoms. The van der Waals surface area contributed by atoms with E-state index in [4.69, 9.17) is 11.6 Å². The Labute approximate surface area is 153 Å². The second-order valence-corrected chi connectivity index (χ2v) is 6.65. The summed E-state index contributed by atoms with van der Waals surface area (Å²) in [7, 11) is 1.51. The zero-order valence-corrected chi connectivity index (χ0v) is 14.7. The maximum absolute atomic E-state index is 12.6. The van der Waals surface area contributed by atoms with Gasteiger partial charge in [0.2, 0.25) is 0 Å². The Kier molecular flexibility index (Phi) is 4.83. The molecule has 0 saturated carbocycles. The van der Waals surface area contributed by atoms with Gasteiger partial charge in [-0.3, -0.25) is 9.69 Å². The largest absolute Gasteiger partial charge is 0.477 e. The minimum atomic E-state index is -1.12. The first-order valence-electron chi connectivity index (χ1n) is 7.30. The molecule has 0 aliphatic carbocycles. The predicted molar refractivity (Wildman–Crippen MR) is 98.7 cm³/mol. The maximum Gasteiger partial charge on any atom is 0.349 e. The summed E-state index contributed by atoms with van der Waals surface area (Å²) in [6.45, 7) is 0. The van der Waals surface area contributed by atoms with Crippen molar-refractivity contribution in [2.24, 2.45) is 0 Å². The van der Waals surface area contributed by atoms with Gasteiger partial charge < -0.3 is 5.11 Å². The lowest BCUT2D eigenvalue weighted by atomic mass is 10.2. The molecular formula is C18H13ClN2O3S. The number of carboxylic acids is 1. The van der Waals surface area contributed by atoms with Crippen molar-refractivity contribution >= 4 is 40.6 Å². The number of aromatic nitrogens is 1. The molecule has 5 nitrogen and oxygen atoms in total. The molecule has 0 aliphatic rings. The molecule has 1 heterocycles. The molecule has 0 spiro atoms. The Balaban J connectivity index is 2.00. The van der Waals surface area contributed by atoms with Gasteiger partial charge in [-0.05, 0) is 24.3 Å². The van der Waals surface area contributed by atoms with Gasteiger partial charge in [-0.25, -0.2) is 9.78 Å². The van der Waals surface area contributed by atoms with Crippen molar-refractivity contribution in [3.8, 4) is 10.6 Å². The minimum Gasteiger partial charge on any atom is -0.477 e. The normalized spacial score (nSPS) is 10.5. The van der Waals surface area contributed by atoms with Crippen LogP contribution >= 0.6 is 22.9 Å². The molecule has 0 bridgehead atoms. The van der Waals surface area contributed by atoms with Crippen molar-refractivity contribution in [1.82, 2.24) is 4.98 Å². The van der Waals surface area contributed by atoms with Crippen molar-refractivity contribution in [2.75, 3.05) is 11.9 Å². The van der Waals surface area contributed by atoms with E-state index in [2.05, 4.69) is 4.98 Å². The SMILES string of the molecule is CN(C(=O)c1ccc(Cl)cc1)c1nc(-c2ccccc2)sc1C(=O)O. The quantitative estimate of drug-likeness (QED) is 0.735. The number of carboxylic acid groups (broad SMARTS) is 1. The monoisotopic (exact) mass is 372 g/mol. The van der Waals surface area contributed by atoms with Crippen LogP contribution in [-0.2, 0) is 0 Å². The standard InChI is InChI=1S/C18H13ClN2O3S/c1-21(17(22)12-7-9-13(19)10-8-12)15-14(18(23)24)25-16(20-15)11-5-3-2-4-6-11/h2-10H,1H3,(H,23,24). The highest BCUT2D eigenvalue weighted by Gasteiger charge is 2.25. The van der Waals surface area contributed by atoms with E-state index in [0.717, 1.165) is 16.9 Å². The third-order valence-corrected chi connectivity index (χ3v) is 4.87. The molecule has 2 aromatic carbocycles. The van der Waals surface area contributed by atoms with E-state index in [9.17, 15) is 14.7 Å². The number of hydrogen-bond donors (Lipinski definition) is 1. The molecule has 1 amide bonds. The molecule has 3 rings (SSSR count). The zero-order chi connectivity index (χ0) is 18.0. The summed E-state index contributed by atoms with van der Waals surface area (Å²) < 4.78 is 0. The van der Waals surface area contributed by atoms with E-state index in [0.29, 0.717) is 15.6 Å². The van der Waals surface area contributed by atoms with E-state index in [1.165, 1.54) is 11.9 Å². The van der Waals surface area contributed by atoms with Crippen LogP contribution in [0.4, 0.5) is 5.82 Å². The van der Waals surface area contributed by atoms with Gasteiger partial charge in [-0.15, -0.1) is 11.3 Å². The molecule has 0 aliphatic heterocycles. The van der Waals surface area contributed by atoms with Gasteiger partial charge in [0.25, 0.3) is 5.91 Å². The smallest absolute Gasteiger partial charge is 0.349 e. The number of anilines is 1. The van der Waals surface area contributed by atoms with Gasteiger partial charge in [0.1, 0.15) is 5.01 Å². The van der Waals surface area contributed by atoms with Gasteiger partial charge in [-0.2, -0.15) is 0 Å². The second-order valence-electron chi connectivity index (χ2n) is 5.21. The van der Waals surface area contributed by atoms with Crippen LogP contribution in [0.1, 0.15) is 20.0 Å². The fourth-order valence-corrected chi connectivity index (χ4v) is 3.33. The van der Waals surface area contributed by atoms with Crippen LogP contribution < -0.4 is 4.90 Å². The summed E-state index contributed by atoms with van der Waals surface area (Å²) in [6.07, 6.45) is 0. The second kappa shape index (κ2) is 7.04. The van der Waals surface area contributed by atoms with E-state index in [1.54, 1.807) is 24.3 Å². The molecule has 0 unspecified atom stereocenters. The Morgan fingerprint density at radius 3 is 2.32 bits per heavy atom. The maximum atomic E-state index is 12.6. The van der Waals surface area contributed by atoms with Crippen LogP contribution in [0.2, 0.25) is 5.02 Å². The van der Waals surface area contributed by atoms with E-state index in [1.807, 2.05) is 30.3 Å². The number of hydrogen-bond acceptors (Lipinski definition) is 4. The van der Waals surface area contributed by atoms with Crippen LogP contribution in [0, 0.1) is 0 Å². The third-order valence-electron chi connectivity index (χ3n) is 3.54. The fourth-order valence-electron chi connectivity index (χ4n) is 2.27. The first kappa shape index (κ1) is 17.1. The first-order chi connectivity index (χ1) is 12.0. The highest BCUT2D eigenvalue weighted by molar-refractivity contribution is 7.17. The molecule has 7 heteroatoms. The van der Waals surface area contributed by atoms with Crippen molar-refractivity contribution in [3.63, 3.8) is 0 Å². The average molecular weight is 373 g/mol. The predicted octanol–water partition coefficient (Wildman–Crippen LogP) is 4.44. The van der Waals surface area contributed by atoms with Gasteiger partial charge in [0.05, 0.1) is 0 Å². The highest BCUT2D eigenvalue weighted by Crippen LogP contribution is 2.33. The number of carbonyl (C=O) groups is 2. The summed E-state index contributed by atoms with van der Waals surface area (Å²) in [4.78, 5) is 29.9. The van der Waals surface area contributed by atoms with Crippen LogP contribution in [0.15, 0.2) is 54.6 Å². The van der Waals surface area contributed by atoms with Crippen LogP contribution in [0.5, 0.6) is 0 Å². The molecule has 0 fully saturated rings. The Morgan fingerprint density at radius 1 is 1.08 bits per heavy atom. The van der Waals surface area contributed by atoms with Crippen molar-refractivity contribution < 1.29 is 14.7 Å². The molecule has 0 atom stereocenters. The number of nitrogens with zero attached hydrogens (tertiary/aromatic N) is 2. The number of aromatic carboxylic acids is 1. The molecule has 1 aromatic heterocycles. The van der Waals surface area contributed by atoms with E-state index in [-0.39, 0.29) is 16.6 Å². The molecule has 0 radical (unpaired) electrons. The summed E-state index contributed by atoms with van der Waals surface area (Å²) in [5.41, 5.74) is 1.20. The molecule has 126 valence electrons. The number of halogens is 1.